The van der Waals surface area contributed by atoms with Gasteiger partial charge in [-0.3, -0.25) is 0 Å². The van der Waals surface area contributed by atoms with Crippen molar-refractivity contribution in [3.63, 3.8) is 0 Å². The van der Waals surface area contributed by atoms with Gasteiger partial charge in [0.15, 0.2) is 0 Å². The van der Waals surface area contributed by atoms with Gasteiger partial charge >= 0.3 is 17.9 Å². The number of ether oxygens (including phenoxy) is 3. The van der Waals surface area contributed by atoms with Crippen LogP contribution in [0.15, 0.2) is 12.2 Å². The molecule has 0 saturated carbocycles. The van der Waals surface area contributed by atoms with E-state index in [2.05, 4.69) is 6.58 Å². The largest absolute Gasteiger partial charge is 0.462 e. The summed E-state index contributed by atoms with van der Waals surface area (Å²) in [5.74, 6) is -2.83. The quantitative estimate of drug-likeness (QED) is 0.278. The Labute approximate surface area is 165 Å². The van der Waals surface area contributed by atoms with Crippen LogP contribution in [0, 0.1) is 5.41 Å². The van der Waals surface area contributed by atoms with Gasteiger partial charge in [-0.2, -0.15) is 0 Å². The van der Waals surface area contributed by atoms with Crippen LogP contribution in [-0.2, 0) is 28.6 Å². The lowest BCUT2D eigenvalue weighted by molar-refractivity contribution is -0.172. The Kier molecular flexibility index (Phi) is 9.78. The molecule has 0 aliphatic heterocycles. The number of alkyl halides is 2. The van der Waals surface area contributed by atoms with Crippen molar-refractivity contribution in [3.8, 4) is 0 Å². The first kappa shape index (κ1) is 26.0. The van der Waals surface area contributed by atoms with Crippen molar-refractivity contribution in [1.29, 1.82) is 0 Å². The van der Waals surface area contributed by atoms with E-state index in [9.17, 15) is 23.2 Å². The SMILES string of the molecule is C=C(C)C(=O)OCC(CC)(COC(=O)C(C)(F)CC)COC(=O)C(C)(F)CC. The summed E-state index contributed by atoms with van der Waals surface area (Å²) in [4.78, 5) is 35.7. The second-order valence-electron chi connectivity index (χ2n) is 7.46. The molecule has 0 rings (SSSR count). The van der Waals surface area contributed by atoms with Gasteiger partial charge in [0.05, 0.1) is 5.41 Å². The maximum Gasteiger partial charge on any atom is 0.343 e. The van der Waals surface area contributed by atoms with Crippen LogP contribution >= 0.6 is 0 Å². The summed E-state index contributed by atoms with van der Waals surface area (Å²) >= 11 is 0. The molecule has 2 unspecified atom stereocenters. The molecular weight excluding hydrogens is 374 g/mol. The fraction of sp³-hybridized carbons (Fsp3) is 0.750. The molecule has 0 spiro atoms. The number of esters is 3. The fourth-order valence-electron chi connectivity index (χ4n) is 1.80. The first-order chi connectivity index (χ1) is 12.8. The smallest absolute Gasteiger partial charge is 0.343 e. The molecule has 0 bridgehead atoms. The summed E-state index contributed by atoms with van der Waals surface area (Å²) in [5.41, 5.74) is -5.35. The van der Waals surface area contributed by atoms with Gasteiger partial charge in [0.2, 0.25) is 11.3 Å². The van der Waals surface area contributed by atoms with E-state index < -0.39 is 34.7 Å². The molecule has 0 aromatic rings. The Balaban J connectivity index is 5.36. The van der Waals surface area contributed by atoms with E-state index in [1.54, 1.807) is 6.92 Å². The summed E-state index contributed by atoms with van der Waals surface area (Å²) in [6.45, 7) is 10.8. The van der Waals surface area contributed by atoms with Crippen LogP contribution in [0.5, 0.6) is 0 Å². The lowest BCUT2D eigenvalue weighted by atomic mass is 9.87. The van der Waals surface area contributed by atoms with E-state index in [0.29, 0.717) is 0 Å². The highest BCUT2D eigenvalue weighted by Crippen LogP contribution is 2.28. The lowest BCUT2D eigenvalue weighted by Gasteiger charge is -2.32. The second kappa shape index (κ2) is 10.5. The van der Waals surface area contributed by atoms with Crippen LogP contribution in [0.1, 0.15) is 60.8 Å². The first-order valence-electron chi connectivity index (χ1n) is 9.31. The van der Waals surface area contributed by atoms with Gasteiger partial charge in [-0.05, 0) is 40.0 Å². The van der Waals surface area contributed by atoms with Gasteiger partial charge in [-0.25, -0.2) is 23.2 Å². The molecular formula is C20H32F2O6. The molecule has 28 heavy (non-hydrogen) atoms. The minimum absolute atomic E-state index is 0.0820. The maximum absolute atomic E-state index is 14.1. The van der Waals surface area contributed by atoms with Crippen molar-refractivity contribution in [1.82, 2.24) is 0 Å². The van der Waals surface area contributed by atoms with Gasteiger partial charge in [0, 0.05) is 5.57 Å². The minimum atomic E-state index is -2.18. The van der Waals surface area contributed by atoms with Crippen LogP contribution < -0.4 is 0 Å². The molecule has 6 nitrogen and oxygen atoms in total. The lowest BCUT2D eigenvalue weighted by Crippen LogP contribution is -2.43. The van der Waals surface area contributed by atoms with Crippen molar-refractivity contribution >= 4 is 17.9 Å². The highest BCUT2D eigenvalue weighted by molar-refractivity contribution is 5.87. The molecule has 0 aliphatic rings. The zero-order chi connectivity index (χ0) is 22.2. The molecule has 0 radical (unpaired) electrons. The molecule has 0 saturated heterocycles. The number of hydrogen-bond acceptors (Lipinski definition) is 6. The third-order valence-corrected chi connectivity index (χ3v) is 4.81. The number of carbonyl (C=O) groups is 3. The van der Waals surface area contributed by atoms with Crippen molar-refractivity contribution in [2.75, 3.05) is 19.8 Å². The van der Waals surface area contributed by atoms with Crippen molar-refractivity contribution < 1.29 is 37.4 Å². The predicted octanol–water partition coefficient (Wildman–Crippen LogP) is 3.86. The zero-order valence-electron chi connectivity index (χ0n) is 17.7. The molecule has 0 aliphatic carbocycles. The Morgan fingerprint density at radius 1 is 0.786 bits per heavy atom. The molecule has 0 aromatic carbocycles. The molecule has 0 heterocycles. The highest BCUT2D eigenvalue weighted by atomic mass is 19.1. The summed E-state index contributed by atoms with van der Waals surface area (Å²) in [6.07, 6.45) is 0.0872. The molecule has 0 amide bonds. The number of hydrogen-bond donors (Lipinski definition) is 0. The summed E-state index contributed by atoms with van der Waals surface area (Å²) in [6, 6.07) is 0. The van der Waals surface area contributed by atoms with Gasteiger partial charge in [0.25, 0.3) is 0 Å². The van der Waals surface area contributed by atoms with Gasteiger partial charge < -0.3 is 14.2 Å². The predicted molar refractivity (Wildman–Crippen MR) is 100 cm³/mol. The average Bonchev–Trinajstić information content (AvgIpc) is 2.66. The standard InChI is InChI=1S/C20H32F2O6/c1-8-18(6,21)16(24)27-12-20(10-3,11-26-15(23)14(4)5)13-28-17(25)19(7,22)9-2/h4,8-13H2,1-3,5-7H3. The monoisotopic (exact) mass is 406 g/mol. The van der Waals surface area contributed by atoms with E-state index in [1.807, 2.05) is 0 Å². The number of halogens is 2. The van der Waals surface area contributed by atoms with E-state index in [-0.39, 0.29) is 44.7 Å². The fourth-order valence-corrected chi connectivity index (χ4v) is 1.80. The molecule has 0 aromatic heterocycles. The van der Waals surface area contributed by atoms with Crippen molar-refractivity contribution in [2.24, 2.45) is 5.41 Å². The Morgan fingerprint density at radius 2 is 1.14 bits per heavy atom. The first-order valence-corrected chi connectivity index (χ1v) is 9.31. The van der Waals surface area contributed by atoms with Crippen molar-refractivity contribution in [3.05, 3.63) is 12.2 Å². The van der Waals surface area contributed by atoms with Crippen LogP contribution in [0.2, 0.25) is 0 Å². The summed E-state index contributed by atoms with van der Waals surface area (Å²) < 4.78 is 43.5. The maximum atomic E-state index is 14.1. The third kappa shape index (κ3) is 7.56. The molecule has 2 atom stereocenters. The van der Waals surface area contributed by atoms with E-state index in [1.165, 1.54) is 20.8 Å². The zero-order valence-corrected chi connectivity index (χ0v) is 17.7. The van der Waals surface area contributed by atoms with E-state index in [0.717, 1.165) is 13.8 Å². The normalized spacial score (nSPS) is 17.4. The van der Waals surface area contributed by atoms with Gasteiger partial charge in [-0.15, -0.1) is 0 Å². The Morgan fingerprint density at radius 3 is 1.43 bits per heavy atom. The average molecular weight is 406 g/mol. The molecule has 8 heteroatoms. The van der Waals surface area contributed by atoms with Crippen LogP contribution in [0.4, 0.5) is 8.78 Å². The highest BCUT2D eigenvalue weighted by Gasteiger charge is 2.40. The van der Waals surface area contributed by atoms with Crippen LogP contribution in [0.25, 0.3) is 0 Å². The minimum Gasteiger partial charge on any atom is -0.462 e. The van der Waals surface area contributed by atoms with Crippen LogP contribution in [0.3, 0.4) is 0 Å². The number of carbonyl (C=O) groups excluding carboxylic acids is 3. The third-order valence-electron chi connectivity index (χ3n) is 4.81. The Hall–Kier alpha value is -1.99. The van der Waals surface area contributed by atoms with E-state index in [4.69, 9.17) is 14.2 Å². The van der Waals surface area contributed by atoms with Crippen molar-refractivity contribution in [2.45, 2.75) is 72.1 Å². The van der Waals surface area contributed by atoms with Gasteiger partial charge in [-0.1, -0.05) is 27.4 Å². The molecule has 0 N–H and O–H groups in total. The number of rotatable bonds is 12. The topological polar surface area (TPSA) is 78.9 Å². The second-order valence-corrected chi connectivity index (χ2v) is 7.46. The summed E-state index contributed by atoms with van der Waals surface area (Å²) in [5, 5.41) is 0. The van der Waals surface area contributed by atoms with Crippen LogP contribution in [-0.4, -0.2) is 49.1 Å². The molecule has 0 fully saturated rings. The Bertz CT molecular complexity index is 551. The van der Waals surface area contributed by atoms with E-state index >= 15 is 0 Å². The van der Waals surface area contributed by atoms with Gasteiger partial charge in [0.1, 0.15) is 19.8 Å². The summed E-state index contributed by atoms with van der Waals surface area (Å²) in [7, 11) is 0. The molecule has 162 valence electrons.